The van der Waals surface area contributed by atoms with E-state index in [1.807, 2.05) is 0 Å². The largest absolute Gasteiger partial charge is 0.545 e. The molecule has 1 aromatic heterocycles. The zero-order valence-corrected chi connectivity index (χ0v) is 16.4. The minimum atomic E-state index is -1.30. The Bertz CT molecular complexity index is 1170. The van der Waals surface area contributed by atoms with Crippen molar-refractivity contribution in [1.82, 2.24) is 5.43 Å². The second-order valence-electron chi connectivity index (χ2n) is 6.02. The van der Waals surface area contributed by atoms with Gasteiger partial charge in [-0.05, 0) is 35.9 Å². The number of amides is 1. The highest BCUT2D eigenvalue weighted by Crippen LogP contribution is 2.29. The lowest BCUT2D eigenvalue weighted by atomic mass is 10.1. The highest BCUT2D eigenvalue weighted by atomic mass is 35.5. The average molecular weight is 443 g/mol. The number of nitro groups is 1. The Morgan fingerprint density at radius 2 is 2.00 bits per heavy atom. The number of carboxylic acids is 1. The molecule has 0 atom stereocenters. The second-order valence-corrected chi connectivity index (χ2v) is 6.46. The molecule has 1 heterocycles. The average Bonchev–Trinajstić information content (AvgIpc) is 3.21. The maximum atomic E-state index is 11.8. The predicted molar refractivity (Wildman–Crippen MR) is 108 cm³/mol. The van der Waals surface area contributed by atoms with E-state index in [9.17, 15) is 24.8 Å². The van der Waals surface area contributed by atoms with Crippen LogP contribution in [0.25, 0.3) is 11.3 Å². The Kier molecular flexibility index (Phi) is 6.63. The molecule has 1 amide bonds. The number of ether oxygens (including phenoxy) is 1. The minimum absolute atomic E-state index is 0.0114. The van der Waals surface area contributed by atoms with Gasteiger partial charge in [0.25, 0.3) is 5.91 Å². The van der Waals surface area contributed by atoms with Gasteiger partial charge in [-0.3, -0.25) is 14.9 Å². The number of rotatable bonds is 8. The van der Waals surface area contributed by atoms with Gasteiger partial charge in [-0.15, -0.1) is 0 Å². The Morgan fingerprint density at radius 1 is 1.19 bits per heavy atom. The number of halogens is 1. The number of nitrogens with one attached hydrogen (secondary N) is 1. The highest BCUT2D eigenvalue weighted by Gasteiger charge is 2.16. The summed E-state index contributed by atoms with van der Waals surface area (Å²) in [7, 11) is 0. The molecule has 3 aromatic rings. The number of benzene rings is 2. The van der Waals surface area contributed by atoms with E-state index in [0.29, 0.717) is 17.1 Å². The first-order valence-corrected chi connectivity index (χ1v) is 9.01. The van der Waals surface area contributed by atoms with Gasteiger partial charge in [-0.1, -0.05) is 29.8 Å². The first-order chi connectivity index (χ1) is 14.8. The van der Waals surface area contributed by atoms with Crippen LogP contribution in [-0.4, -0.2) is 29.6 Å². The van der Waals surface area contributed by atoms with E-state index >= 15 is 0 Å². The molecule has 0 fully saturated rings. The topological polar surface area (TPSA) is 147 Å². The van der Waals surface area contributed by atoms with Crippen molar-refractivity contribution < 1.29 is 28.8 Å². The zero-order valence-electron chi connectivity index (χ0n) is 15.6. The van der Waals surface area contributed by atoms with Gasteiger partial charge in [0.2, 0.25) is 0 Å². The summed E-state index contributed by atoms with van der Waals surface area (Å²) < 4.78 is 10.7. The van der Waals surface area contributed by atoms with E-state index in [0.717, 1.165) is 6.07 Å². The Hall–Kier alpha value is -4.18. The summed E-state index contributed by atoms with van der Waals surface area (Å²) in [5.41, 5.74) is 2.37. The summed E-state index contributed by atoms with van der Waals surface area (Å²) in [5.74, 6) is -1.38. The molecule has 0 aliphatic carbocycles. The van der Waals surface area contributed by atoms with Crippen LogP contribution >= 0.6 is 11.6 Å². The van der Waals surface area contributed by atoms with Crippen molar-refractivity contribution in [2.45, 2.75) is 0 Å². The van der Waals surface area contributed by atoms with Crippen molar-refractivity contribution in [2.75, 3.05) is 6.61 Å². The monoisotopic (exact) mass is 442 g/mol. The third kappa shape index (κ3) is 5.67. The van der Waals surface area contributed by atoms with Crippen LogP contribution in [0.2, 0.25) is 5.02 Å². The van der Waals surface area contributed by atoms with E-state index in [-0.39, 0.29) is 22.0 Å². The SMILES string of the molecule is O=C(COc1ccc(Cl)cc1[N+](=O)[O-])N/N=C\c1ccc(-c2cccc(C(=O)[O-])c2)o1. The lowest BCUT2D eigenvalue weighted by Crippen LogP contribution is -2.24. The molecular formula is C20H13ClN3O7-. The highest BCUT2D eigenvalue weighted by molar-refractivity contribution is 6.30. The lowest BCUT2D eigenvalue weighted by molar-refractivity contribution is -0.385. The summed E-state index contributed by atoms with van der Waals surface area (Å²) in [4.78, 5) is 33.1. The molecule has 2 aromatic carbocycles. The predicted octanol–water partition coefficient (Wildman–Crippen LogP) is 2.40. The van der Waals surface area contributed by atoms with Crippen molar-refractivity contribution in [3.05, 3.63) is 81.1 Å². The molecule has 158 valence electrons. The van der Waals surface area contributed by atoms with Crippen LogP contribution in [0, 0.1) is 10.1 Å². The Balaban J connectivity index is 1.57. The maximum Gasteiger partial charge on any atom is 0.312 e. The number of carbonyl (C=O) groups excluding carboxylic acids is 2. The number of hydrogen-bond donors (Lipinski definition) is 1. The minimum Gasteiger partial charge on any atom is -0.545 e. The molecule has 11 heteroatoms. The molecule has 0 aliphatic heterocycles. The summed E-state index contributed by atoms with van der Waals surface area (Å²) >= 11 is 5.72. The molecule has 0 radical (unpaired) electrons. The Morgan fingerprint density at radius 3 is 2.74 bits per heavy atom. The summed E-state index contributed by atoms with van der Waals surface area (Å²) in [6.45, 7) is -0.515. The van der Waals surface area contributed by atoms with Crippen LogP contribution in [0.5, 0.6) is 5.75 Å². The van der Waals surface area contributed by atoms with Crippen LogP contribution in [0.1, 0.15) is 16.1 Å². The van der Waals surface area contributed by atoms with Crippen LogP contribution < -0.4 is 15.3 Å². The molecule has 0 aliphatic rings. The standard InChI is InChI=1S/C20H14ClN3O7/c21-14-4-6-18(16(9-14)24(28)29)30-11-19(25)23-22-10-15-5-7-17(31-15)12-2-1-3-13(8-12)20(26)27/h1-10H,11H2,(H,23,25)(H,26,27)/p-1/b22-10-. The second kappa shape index (κ2) is 9.55. The molecule has 0 saturated carbocycles. The molecule has 0 unspecified atom stereocenters. The van der Waals surface area contributed by atoms with Crippen molar-refractivity contribution in [3.63, 3.8) is 0 Å². The normalized spacial score (nSPS) is 10.7. The van der Waals surface area contributed by atoms with Crippen molar-refractivity contribution >= 4 is 35.4 Å². The van der Waals surface area contributed by atoms with Gasteiger partial charge < -0.3 is 19.1 Å². The van der Waals surface area contributed by atoms with Gasteiger partial charge in [0.05, 0.1) is 17.1 Å². The molecule has 3 rings (SSSR count). The van der Waals surface area contributed by atoms with E-state index < -0.39 is 23.4 Å². The number of nitro benzene ring substituents is 1. The van der Waals surface area contributed by atoms with Crippen molar-refractivity contribution in [3.8, 4) is 17.1 Å². The molecular weight excluding hydrogens is 430 g/mol. The Labute approximate surface area is 179 Å². The summed E-state index contributed by atoms with van der Waals surface area (Å²) in [5, 5.41) is 25.8. The number of carboxylic acid groups (broad SMARTS) is 1. The van der Waals surface area contributed by atoms with E-state index in [1.54, 1.807) is 24.3 Å². The first kappa shape index (κ1) is 21.5. The van der Waals surface area contributed by atoms with Crippen molar-refractivity contribution in [1.29, 1.82) is 0 Å². The number of aromatic carboxylic acids is 1. The van der Waals surface area contributed by atoms with Crippen LogP contribution in [0.3, 0.4) is 0 Å². The van der Waals surface area contributed by atoms with Gasteiger partial charge in [-0.2, -0.15) is 5.10 Å². The van der Waals surface area contributed by atoms with Crippen LogP contribution in [0.4, 0.5) is 5.69 Å². The third-order valence-electron chi connectivity index (χ3n) is 3.87. The lowest BCUT2D eigenvalue weighted by Gasteiger charge is -2.05. The van der Waals surface area contributed by atoms with Crippen LogP contribution in [-0.2, 0) is 4.79 Å². The number of nitrogens with zero attached hydrogens (tertiary/aromatic N) is 2. The van der Waals surface area contributed by atoms with Gasteiger partial charge in [0.15, 0.2) is 12.4 Å². The molecule has 0 saturated heterocycles. The van der Waals surface area contributed by atoms with Crippen LogP contribution in [0.15, 0.2) is 64.1 Å². The number of hydrogen-bond acceptors (Lipinski definition) is 8. The maximum absolute atomic E-state index is 11.8. The fraction of sp³-hybridized carbons (Fsp3) is 0.0500. The van der Waals surface area contributed by atoms with E-state index in [1.165, 1.54) is 30.5 Å². The smallest absolute Gasteiger partial charge is 0.312 e. The molecule has 10 nitrogen and oxygen atoms in total. The van der Waals surface area contributed by atoms with Gasteiger partial charge >= 0.3 is 5.69 Å². The molecule has 1 N–H and O–H groups in total. The van der Waals surface area contributed by atoms with E-state index in [4.69, 9.17) is 20.8 Å². The fourth-order valence-corrected chi connectivity index (χ4v) is 2.64. The third-order valence-corrected chi connectivity index (χ3v) is 4.10. The number of carbonyl (C=O) groups is 2. The summed E-state index contributed by atoms with van der Waals surface area (Å²) in [6.07, 6.45) is 1.23. The zero-order chi connectivity index (χ0) is 22.4. The molecule has 31 heavy (non-hydrogen) atoms. The first-order valence-electron chi connectivity index (χ1n) is 8.64. The number of furan rings is 1. The van der Waals surface area contributed by atoms with Gasteiger partial charge in [-0.25, -0.2) is 5.43 Å². The van der Waals surface area contributed by atoms with Gasteiger partial charge in [0, 0.05) is 16.7 Å². The van der Waals surface area contributed by atoms with E-state index in [2.05, 4.69) is 10.5 Å². The molecule has 0 spiro atoms. The summed E-state index contributed by atoms with van der Waals surface area (Å²) in [6, 6.07) is 13.0. The number of hydrazone groups is 1. The quantitative estimate of drug-likeness (QED) is 0.320. The van der Waals surface area contributed by atoms with Gasteiger partial charge in [0.1, 0.15) is 11.5 Å². The fourth-order valence-electron chi connectivity index (χ4n) is 2.48. The molecule has 0 bridgehead atoms. The van der Waals surface area contributed by atoms with Crippen molar-refractivity contribution in [2.24, 2.45) is 5.10 Å².